The van der Waals surface area contributed by atoms with E-state index in [1.165, 1.54) is 6.07 Å². The second kappa shape index (κ2) is 6.36. The fourth-order valence-electron chi connectivity index (χ4n) is 2.66. The molecular formula is C17H16ClFN2O. The van der Waals surface area contributed by atoms with Crippen molar-refractivity contribution in [3.63, 3.8) is 0 Å². The summed E-state index contributed by atoms with van der Waals surface area (Å²) in [6.07, 6.45) is 0. The Morgan fingerprint density at radius 2 is 1.59 bits per heavy atom. The molecule has 0 N–H and O–H groups in total. The lowest BCUT2D eigenvalue weighted by Gasteiger charge is -2.36. The van der Waals surface area contributed by atoms with E-state index in [2.05, 4.69) is 0 Å². The Hall–Kier alpha value is -2.07. The molecule has 0 atom stereocenters. The van der Waals surface area contributed by atoms with Crippen LogP contribution in [0.4, 0.5) is 10.1 Å². The molecule has 1 amide bonds. The van der Waals surface area contributed by atoms with Crippen LogP contribution in [0.2, 0.25) is 5.02 Å². The van der Waals surface area contributed by atoms with Gasteiger partial charge in [0.15, 0.2) is 0 Å². The molecule has 22 heavy (non-hydrogen) atoms. The van der Waals surface area contributed by atoms with E-state index < -0.39 is 0 Å². The Labute approximate surface area is 133 Å². The van der Waals surface area contributed by atoms with E-state index in [-0.39, 0.29) is 11.7 Å². The standard InChI is InChI=1S/C17H16ClFN2O/c18-14-6-2-1-5-13(14)17(22)21-11-9-20(10-12-21)16-8-4-3-7-15(16)19/h1-8H,9-12H2. The van der Waals surface area contributed by atoms with Crippen LogP contribution in [0.5, 0.6) is 0 Å². The summed E-state index contributed by atoms with van der Waals surface area (Å²) in [5.74, 6) is -0.299. The van der Waals surface area contributed by atoms with E-state index in [9.17, 15) is 9.18 Å². The van der Waals surface area contributed by atoms with Crippen LogP contribution < -0.4 is 4.90 Å². The van der Waals surface area contributed by atoms with Crippen LogP contribution in [0, 0.1) is 5.82 Å². The van der Waals surface area contributed by atoms with Crippen molar-refractivity contribution in [2.75, 3.05) is 31.1 Å². The molecule has 1 heterocycles. The van der Waals surface area contributed by atoms with Crippen molar-refractivity contribution in [1.29, 1.82) is 0 Å². The quantitative estimate of drug-likeness (QED) is 0.847. The fourth-order valence-corrected chi connectivity index (χ4v) is 2.88. The summed E-state index contributed by atoms with van der Waals surface area (Å²) in [7, 11) is 0. The van der Waals surface area contributed by atoms with Crippen molar-refractivity contribution in [1.82, 2.24) is 4.90 Å². The van der Waals surface area contributed by atoms with E-state index in [0.717, 1.165) is 0 Å². The maximum Gasteiger partial charge on any atom is 0.255 e. The molecule has 0 aromatic heterocycles. The van der Waals surface area contributed by atoms with Crippen LogP contribution >= 0.6 is 11.6 Å². The second-order valence-corrected chi connectivity index (χ2v) is 5.62. The number of piperazine rings is 1. The summed E-state index contributed by atoms with van der Waals surface area (Å²) in [4.78, 5) is 16.2. The summed E-state index contributed by atoms with van der Waals surface area (Å²) in [5.41, 5.74) is 1.11. The Bertz CT molecular complexity index is 684. The summed E-state index contributed by atoms with van der Waals surface area (Å²) < 4.78 is 13.8. The molecule has 1 saturated heterocycles. The number of rotatable bonds is 2. The molecule has 0 unspecified atom stereocenters. The number of amides is 1. The first-order chi connectivity index (χ1) is 10.7. The largest absolute Gasteiger partial charge is 0.366 e. The average molecular weight is 319 g/mol. The van der Waals surface area contributed by atoms with Crippen molar-refractivity contribution in [2.24, 2.45) is 0 Å². The number of nitrogens with zero attached hydrogens (tertiary/aromatic N) is 2. The third-order valence-corrected chi connectivity index (χ3v) is 4.19. The number of hydrogen-bond donors (Lipinski definition) is 0. The monoisotopic (exact) mass is 318 g/mol. The van der Waals surface area contributed by atoms with Gasteiger partial charge in [0, 0.05) is 26.2 Å². The van der Waals surface area contributed by atoms with Gasteiger partial charge in [-0.1, -0.05) is 35.9 Å². The van der Waals surface area contributed by atoms with E-state index in [4.69, 9.17) is 11.6 Å². The number of para-hydroxylation sites is 1. The average Bonchev–Trinajstić information content (AvgIpc) is 2.55. The third kappa shape index (κ3) is 2.92. The molecule has 3 rings (SSSR count). The highest BCUT2D eigenvalue weighted by molar-refractivity contribution is 6.33. The molecular weight excluding hydrogens is 303 g/mol. The van der Waals surface area contributed by atoms with E-state index >= 15 is 0 Å². The molecule has 114 valence electrons. The highest BCUT2D eigenvalue weighted by Gasteiger charge is 2.24. The number of anilines is 1. The van der Waals surface area contributed by atoms with Crippen molar-refractivity contribution in [3.8, 4) is 0 Å². The first-order valence-electron chi connectivity index (χ1n) is 7.20. The number of hydrogen-bond acceptors (Lipinski definition) is 2. The normalized spacial score (nSPS) is 15.0. The zero-order valence-electron chi connectivity index (χ0n) is 12.0. The predicted molar refractivity (Wildman–Crippen MR) is 86.0 cm³/mol. The Morgan fingerprint density at radius 1 is 0.955 bits per heavy atom. The van der Waals surface area contributed by atoms with Crippen LogP contribution in [-0.4, -0.2) is 37.0 Å². The molecule has 5 heteroatoms. The van der Waals surface area contributed by atoms with Gasteiger partial charge in [0.25, 0.3) is 5.91 Å². The lowest BCUT2D eigenvalue weighted by atomic mass is 10.1. The van der Waals surface area contributed by atoms with Crippen LogP contribution in [0.3, 0.4) is 0 Å². The van der Waals surface area contributed by atoms with Gasteiger partial charge in [-0.05, 0) is 24.3 Å². The van der Waals surface area contributed by atoms with Crippen molar-refractivity contribution >= 4 is 23.2 Å². The number of halogens is 2. The minimum atomic E-state index is -0.228. The predicted octanol–water partition coefficient (Wildman–Crippen LogP) is 3.44. The molecule has 2 aromatic carbocycles. The zero-order chi connectivity index (χ0) is 15.5. The summed E-state index contributed by atoms with van der Waals surface area (Å²) in [5, 5.41) is 0.462. The van der Waals surface area contributed by atoms with Gasteiger partial charge in [0.2, 0.25) is 0 Å². The molecule has 2 aromatic rings. The van der Waals surface area contributed by atoms with Crippen LogP contribution in [0.25, 0.3) is 0 Å². The molecule has 0 bridgehead atoms. The first-order valence-corrected chi connectivity index (χ1v) is 7.58. The minimum Gasteiger partial charge on any atom is -0.366 e. The van der Waals surface area contributed by atoms with Gasteiger partial charge in [0.05, 0.1) is 16.3 Å². The van der Waals surface area contributed by atoms with Crippen LogP contribution in [0.15, 0.2) is 48.5 Å². The van der Waals surface area contributed by atoms with Gasteiger partial charge in [-0.15, -0.1) is 0 Å². The highest BCUT2D eigenvalue weighted by Crippen LogP contribution is 2.22. The second-order valence-electron chi connectivity index (χ2n) is 5.21. The third-order valence-electron chi connectivity index (χ3n) is 3.86. The maximum absolute atomic E-state index is 13.8. The zero-order valence-corrected chi connectivity index (χ0v) is 12.8. The van der Waals surface area contributed by atoms with Crippen LogP contribution in [0.1, 0.15) is 10.4 Å². The molecule has 1 fully saturated rings. The first kappa shape index (κ1) is 14.9. The molecule has 0 aliphatic carbocycles. The van der Waals surface area contributed by atoms with Crippen LogP contribution in [-0.2, 0) is 0 Å². The Balaban J connectivity index is 1.68. The van der Waals surface area contributed by atoms with Gasteiger partial charge in [0.1, 0.15) is 5.82 Å². The topological polar surface area (TPSA) is 23.6 Å². The summed E-state index contributed by atoms with van der Waals surface area (Å²) in [6.45, 7) is 2.32. The maximum atomic E-state index is 13.8. The molecule has 0 radical (unpaired) electrons. The van der Waals surface area contributed by atoms with Gasteiger partial charge in [-0.2, -0.15) is 0 Å². The molecule has 0 saturated carbocycles. The summed E-state index contributed by atoms with van der Waals surface area (Å²) in [6, 6.07) is 13.8. The van der Waals surface area contributed by atoms with E-state index in [0.29, 0.717) is 42.5 Å². The van der Waals surface area contributed by atoms with Gasteiger partial charge in [-0.25, -0.2) is 4.39 Å². The number of carbonyl (C=O) groups excluding carboxylic acids is 1. The smallest absolute Gasteiger partial charge is 0.255 e. The SMILES string of the molecule is O=C(c1ccccc1Cl)N1CCN(c2ccccc2F)CC1. The van der Waals surface area contributed by atoms with Crippen molar-refractivity contribution < 1.29 is 9.18 Å². The highest BCUT2D eigenvalue weighted by atomic mass is 35.5. The van der Waals surface area contributed by atoms with E-state index in [1.54, 1.807) is 41.3 Å². The minimum absolute atomic E-state index is 0.0706. The van der Waals surface area contributed by atoms with Gasteiger partial charge < -0.3 is 9.80 Å². The van der Waals surface area contributed by atoms with Gasteiger partial charge in [-0.3, -0.25) is 4.79 Å². The molecule has 1 aliphatic heterocycles. The van der Waals surface area contributed by atoms with Crippen molar-refractivity contribution in [3.05, 3.63) is 64.9 Å². The number of benzene rings is 2. The number of carbonyl (C=O) groups is 1. The van der Waals surface area contributed by atoms with Gasteiger partial charge >= 0.3 is 0 Å². The lowest BCUT2D eigenvalue weighted by Crippen LogP contribution is -2.49. The van der Waals surface area contributed by atoms with E-state index in [1.807, 2.05) is 11.0 Å². The molecule has 1 aliphatic rings. The Morgan fingerprint density at radius 3 is 2.27 bits per heavy atom. The molecule has 3 nitrogen and oxygen atoms in total. The lowest BCUT2D eigenvalue weighted by molar-refractivity contribution is 0.0747. The van der Waals surface area contributed by atoms with Crippen molar-refractivity contribution in [2.45, 2.75) is 0 Å². The fraction of sp³-hybridized carbons (Fsp3) is 0.235. The summed E-state index contributed by atoms with van der Waals surface area (Å²) >= 11 is 6.08. The Kier molecular flexibility index (Phi) is 4.29. The molecule has 0 spiro atoms.